The zero-order valence-corrected chi connectivity index (χ0v) is 14.9. The molecule has 0 saturated carbocycles. The summed E-state index contributed by atoms with van der Waals surface area (Å²) in [4.78, 5) is 24.7. The van der Waals surface area contributed by atoms with E-state index in [1.165, 1.54) is 23.5 Å². The standard InChI is InChI=1S/C18H18FN3OS/c1-10-15-11(2)20-12(3)21-17(15)24-16(10)18(23)22(4)9-13-6-5-7-14(19)8-13/h5-8H,9H2,1-4H3. The van der Waals surface area contributed by atoms with E-state index in [0.29, 0.717) is 17.2 Å². The Morgan fingerprint density at radius 1 is 1.25 bits per heavy atom. The predicted molar refractivity (Wildman–Crippen MR) is 93.8 cm³/mol. The number of thiophene rings is 1. The molecule has 4 nitrogen and oxygen atoms in total. The summed E-state index contributed by atoms with van der Waals surface area (Å²) < 4.78 is 13.3. The summed E-state index contributed by atoms with van der Waals surface area (Å²) in [5, 5.41) is 0.952. The van der Waals surface area contributed by atoms with Gasteiger partial charge in [-0.15, -0.1) is 11.3 Å². The van der Waals surface area contributed by atoms with Crippen LogP contribution >= 0.6 is 11.3 Å². The quantitative estimate of drug-likeness (QED) is 0.721. The van der Waals surface area contributed by atoms with E-state index in [-0.39, 0.29) is 11.7 Å². The van der Waals surface area contributed by atoms with Gasteiger partial charge in [-0.05, 0) is 44.0 Å². The van der Waals surface area contributed by atoms with E-state index in [0.717, 1.165) is 27.0 Å². The van der Waals surface area contributed by atoms with Crippen LogP contribution in [0.1, 0.15) is 32.3 Å². The molecule has 0 aliphatic rings. The molecule has 3 aromatic rings. The second kappa shape index (κ2) is 6.28. The molecule has 0 saturated heterocycles. The second-order valence-electron chi connectivity index (χ2n) is 5.88. The minimum absolute atomic E-state index is 0.0863. The van der Waals surface area contributed by atoms with Gasteiger partial charge in [0.2, 0.25) is 0 Å². The van der Waals surface area contributed by atoms with Crippen LogP contribution < -0.4 is 0 Å². The molecule has 0 aliphatic carbocycles. The van der Waals surface area contributed by atoms with Gasteiger partial charge in [-0.1, -0.05) is 12.1 Å². The van der Waals surface area contributed by atoms with E-state index < -0.39 is 0 Å². The van der Waals surface area contributed by atoms with Crippen LogP contribution in [0.2, 0.25) is 0 Å². The first-order valence-corrected chi connectivity index (χ1v) is 8.42. The Bertz CT molecular complexity index is 935. The fraction of sp³-hybridized carbons (Fsp3) is 0.278. The normalized spacial score (nSPS) is 11.0. The van der Waals surface area contributed by atoms with Gasteiger partial charge in [0.1, 0.15) is 16.5 Å². The minimum atomic E-state index is -0.298. The Morgan fingerprint density at radius 2 is 2.00 bits per heavy atom. The molecular formula is C18H18FN3OS. The maximum absolute atomic E-state index is 13.3. The average molecular weight is 343 g/mol. The lowest BCUT2D eigenvalue weighted by molar-refractivity contribution is 0.0789. The number of aryl methyl sites for hydroxylation is 3. The zero-order valence-electron chi connectivity index (χ0n) is 14.1. The van der Waals surface area contributed by atoms with Crippen molar-refractivity contribution in [2.45, 2.75) is 27.3 Å². The van der Waals surface area contributed by atoms with Crippen molar-refractivity contribution in [2.24, 2.45) is 0 Å². The lowest BCUT2D eigenvalue weighted by Gasteiger charge is -2.17. The Labute approximate surface area is 144 Å². The summed E-state index contributed by atoms with van der Waals surface area (Å²) in [6.07, 6.45) is 0. The first-order chi connectivity index (χ1) is 11.4. The SMILES string of the molecule is Cc1nc(C)c2c(C)c(C(=O)N(C)Cc3cccc(F)c3)sc2n1. The van der Waals surface area contributed by atoms with Crippen molar-refractivity contribution < 1.29 is 9.18 Å². The van der Waals surface area contributed by atoms with Gasteiger partial charge in [-0.25, -0.2) is 14.4 Å². The fourth-order valence-electron chi connectivity index (χ4n) is 2.83. The van der Waals surface area contributed by atoms with Crippen molar-refractivity contribution in [3.63, 3.8) is 0 Å². The van der Waals surface area contributed by atoms with E-state index >= 15 is 0 Å². The van der Waals surface area contributed by atoms with Gasteiger partial charge >= 0.3 is 0 Å². The third-order valence-electron chi connectivity index (χ3n) is 3.93. The lowest BCUT2D eigenvalue weighted by atomic mass is 10.1. The van der Waals surface area contributed by atoms with Crippen LogP contribution in [0.4, 0.5) is 4.39 Å². The number of halogens is 1. The van der Waals surface area contributed by atoms with Crippen molar-refractivity contribution in [1.82, 2.24) is 14.9 Å². The van der Waals surface area contributed by atoms with Gasteiger partial charge in [-0.2, -0.15) is 0 Å². The van der Waals surface area contributed by atoms with E-state index in [1.807, 2.05) is 26.8 Å². The molecule has 0 N–H and O–H groups in total. The van der Waals surface area contributed by atoms with E-state index in [2.05, 4.69) is 9.97 Å². The van der Waals surface area contributed by atoms with Crippen molar-refractivity contribution in [1.29, 1.82) is 0 Å². The van der Waals surface area contributed by atoms with Crippen LogP contribution in [0.15, 0.2) is 24.3 Å². The number of carbonyl (C=O) groups is 1. The van der Waals surface area contributed by atoms with Gasteiger partial charge in [0.05, 0.1) is 4.88 Å². The third-order valence-corrected chi connectivity index (χ3v) is 5.11. The molecule has 6 heteroatoms. The van der Waals surface area contributed by atoms with E-state index in [9.17, 15) is 9.18 Å². The van der Waals surface area contributed by atoms with E-state index in [1.54, 1.807) is 18.0 Å². The summed E-state index contributed by atoms with van der Waals surface area (Å²) in [5.74, 6) is 0.318. The van der Waals surface area contributed by atoms with Crippen LogP contribution in [0.3, 0.4) is 0 Å². The highest BCUT2D eigenvalue weighted by Gasteiger charge is 2.21. The highest BCUT2D eigenvalue weighted by atomic mass is 32.1. The van der Waals surface area contributed by atoms with Gasteiger partial charge in [0.25, 0.3) is 5.91 Å². The summed E-state index contributed by atoms with van der Waals surface area (Å²) >= 11 is 1.39. The first kappa shape index (κ1) is 16.5. The van der Waals surface area contributed by atoms with E-state index in [4.69, 9.17) is 0 Å². The van der Waals surface area contributed by atoms with Crippen molar-refractivity contribution in [3.05, 3.63) is 57.6 Å². The molecule has 0 spiro atoms. The molecule has 0 bridgehead atoms. The average Bonchev–Trinajstić information content (AvgIpc) is 2.83. The summed E-state index contributed by atoms with van der Waals surface area (Å²) in [5.41, 5.74) is 2.55. The number of benzene rings is 1. The molecule has 0 radical (unpaired) electrons. The Balaban J connectivity index is 1.93. The largest absolute Gasteiger partial charge is 0.337 e. The third kappa shape index (κ3) is 3.01. The van der Waals surface area contributed by atoms with Crippen molar-refractivity contribution in [3.8, 4) is 0 Å². The number of rotatable bonds is 3. The van der Waals surface area contributed by atoms with Crippen molar-refractivity contribution >= 4 is 27.5 Å². The monoisotopic (exact) mass is 343 g/mol. The number of carbonyl (C=O) groups excluding carboxylic acids is 1. The molecule has 2 heterocycles. The summed E-state index contributed by atoms with van der Waals surface area (Å²) in [6, 6.07) is 6.30. The second-order valence-corrected chi connectivity index (χ2v) is 6.88. The van der Waals surface area contributed by atoms with Crippen LogP contribution in [0.5, 0.6) is 0 Å². The molecule has 0 unspecified atom stereocenters. The number of nitrogens with zero attached hydrogens (tertiary/aromatic N) is 3. The van der Waals surface area contributed by atoms with Gasteiger partial charge in [-0.3, -0.25) is 4.79 Å². The molecule has 24 heavy (non-hydrogen) atoms. The van der Waals surface area contributed by atoms with Crippen molar-refractivity contribution in [2.75, 3.05) is 7.05 Å². The number of aromatic nitrogens is 2. The predicted octanol–water partition coefficient (Wildman–Crippen LogP) is 4.03. The molecule has 3 rings (SSSR count). The molecule has 0 atom stereocenters. The highest BCUT2D eigenvalue weighted by Crippen LogP contribution is 2.32. The maximum atomic E-state index is 13.3. The number of hydrogen-bond acceptors (Lipinski definition) is 4. The molecular weight excluding hydrogens is 325 g/mol. The molecule has 1 amide bonds. The molecule has 1 aromatic carbocycles. The Morgan fingerprint density at radius 3 is 2.71 bits per heavy atom. The van der Waals surface area contributed by atoms with Gasteiger partial charge in [0, 0.05) is 24.7 Å². The topological polar surface area (TPSA) is 46.1 Å². The maximum Gasteiger partial charge on any atom is 0.264 e. The molecule has 0 fully saturated rings. The van der Waals surface area contributed by atoms with Gasteiger partial charge in [0.15, 0.2) is 0 Å². The van der Waals surface area contributed by atoms with Gasteiger partial charge < -0.3 is 4.90 Å². The minimum Gasteiger partial charge on any atom is -0.337 e. The summed E-state index contributed by atoms with van der Waals surface area (Å²) in [7, 11) is 1.72. The molecule has 2 aromatic heterocycles. The highest BCUT2D eigenvalue weighted by molar-refractivity contribution is 7.20. The molecule has 0 aliphatic heterocycles. The Kier molecular flexibility index (Phi) is 4.32. The zero-order chi connectivity index (χ0) is 17.4. The number of amides is 1. The summed E-state index contributed by atoms with van der Waals surface area (Å²) in [6.45, 7) is 6.06. The van der Waals surface area contributed by atoms with Crippen LogP contribution in [0, 0.1) is 26.6 Å². The Hall–Kier alpha value is -2.34. The van der Waals surface area contributed by atoms with Crippen LogP contribution in [-0.2, 0) is 6.54 Å². The fourth-order valence-corrected chi connectivity index (χ4v) is 4.10. The number of fused-ring (bicyclic) bond motifs is 1. The first-order valence-electron chi connectivity index (χ1n) is 7.61. The lowest BCUT2D eigenvalue weighted by Crippen LogP contribution is -2.26. The smallest absolute Gasteiger partial charge is 0.264 e. The molecule has 124 valence electrons. The van der Waals surface area contributed by atoms with Crippen LogP contribution in [0.25, 0.3) is 10.2 Å². The van der Waals surface area contributed by atoms with Crippen LogP contribution in [-0.4, -0.2) is 27.8 Å². The number of hydrogen-bond donors (Lipinski definition) is 0.